The predicted molar refractivity (Wildman–Crippen MR) is 126 cm³/mol. The van der Waals surface area contributed by atoms with Gasteiger partial charge in [0.1, 0.15) is 11.6 Å². The summed E-state index contributed by atoms with van der Waals surface area (Å²) in [4.78, 5) is 4.28. The van der Waals surface area contributed by atoms with E-state index in [4.69, 9.17) is 9.84 Å². The second kappa shape index (κ2) is 11.6. The molecule has 7 heteroatoms. The van der Waals surface area contributed by atoms with Crippen LogP contribution >= 0.6 is 0 Å². The molecule has 0 unspecified atom stereocenters. The second-order valence-electron chi connectivity index (χ2n) is 8.94. The molecule has 32 heavy (non-hydrogen) atoms. The quantitative estimate of drug-likeness (QED) is 0.470. The molecule has 1 aromatic carbocycles. The highest BCUT2D eigenvalue weighted by Crippen LogP contribution is 2.29. The number of aliphatic hydroxyl groups excluding tert-OH is 1. The van der Waals surface area contributed by atoms with Crippen LogP contribution in [0.5, 0.6) is 0 Å². The third kappa shape index (κ3) is 6.40. The Morgan fingerprint density at radius 1 is 1.03 bits per heavy atom. The summed E-state index contributed by atoms with van der Waals surface area (Å²) in [6.45, 7) is 3.41. The number of hydrogen-bond acceptors (Lipinski definition) is 6. The van der Waals surface area contributed by atoms with Crippen LogP contribution < -0.4 is 16.0 Å². The molecule has 1 aliphatic heterocycles. The normalized spacial score (nSPS) is 21.9. The number of nitrogens with one attached hydrogen (secondary N) is 3. The minimum absolute atomic E-state index is 0.173. The molecule has 0 amide bonds. The number of pyridine rings is 1. The topological polar surface area (TPSA) is 78.4 Å². The molecule has 0 bridgehead atoms. The lowest BCUT2D eigenvalue weighted by Crippen LogP contribution is -2.38. The summed E-state index contributed by atoms with van der Waals surface area (Å²) in [6, 6.07) is 10.6. The number of anilines is 2. The minimum atomic E-state index is -0.311. The van der Waals surface area contributed by atoms with Gasteiger partial charge in [-0.25, -0.2) is 9.37 Å². The number of hydrogen-bond donors (Lipinski definition) is 4. The van der Waals surface area contributed by atoms with E-state index in [2.05, 4.69) is 20.9 Å². The average Bonchev–Trinajstić information content (AvgIpc) is 2.84. The average molecular weight is 443 g/mol. The van der Waals surface area contributed by atoms with Gasteiger partial charge in [-0.2, -0.15) is 0 Å². The molecular weight excluding hydrogens is 407 g/mol. The first-order valence-electron chi connectivity index (χ1n) is 11.9. The second-order valence-corrected chi connectivity index (χ2v) is 8.94. The van der Waals surface area contributed by atoms with E-state index in [9.17, 15) is 4.39 Å². The number of rotatable bonds is 9. The van der Waals surface area contributed by atoms with E-state index in [1.165, 1.54) is 6.20 Å². The van der Waals surface area contributed by atoms with Crippen molar-refractivity contribution in [3.8, 4) is 11.1 Å². The Kier molecular flexibility index (Phi) is 8.31. The van der Waals surface area contributed by atoms with Gasteiger partial charge in [0.2, 0.25) is 0 Å². The standard InChI is InChI=1S/C25H35FN4O2/c26-24-17-29-25(30-21-6-4-20(5-7-21)27-10-11-31)15-23(24)19-2-1-3-22(14-19)28-16-18-8-12-32-13-9-18/h1-3,14-15,17-18,20-21,27-28,31H,4-13,16H2,(H,29,30)/t20-,21-. The Labute approximate surface area is 190 Å². The molecule has 2 aliphatic rings. The lowest BCUT2D eigenvalue weighted by Gasteiger charge is -2.30. The first kappa shape index (κ1) is 23.0. The van der Waals surface area contributed by atoms with Gasteiger partial charge in [-0.15, -0.1) is 0 Å². The van der Waals surface area contributed by atoms with Crippen molar-refractivity contribution in [2.45, 2.75) is 50.6 Å². The maximum Gasteiger partial charge on any atom is 0.149 e. The monoisotopic (exact) mass is 442 g/mol. The van der Waals surface area contributed by atoms with E-state index < -0.39 is 0 Å². The van der Waals surface area contributed by atoms with Crippen molar-refractivity contribution >= 4 is 11.5 Å². The first-order chi connectivity index (χ1) is 15.7. The van der Waals surface area contributed by atoms with Gasteiger partial charge in [-0.3, -0.25) is 0 Å². The van der Waals surface area contributed by atoms with Gasteiger partial charge in [-0.05, 0) is 68.2 Å². The van der Waals surface area contributed by atoms with Crippen molar-refractivity contribution in [2.24, 2.45) is 5.92 Å². The van der Waals surface area contributed by atoms with Gasteiger partial charge in [-0.1, -0.05) is 12.1 Å². The van der Waals surface area contributed by atoms with Crippen molar-refractivity contribution in [3.05, 3.63) is 42.3 Å². The predicted octanol–water partition coefficient (Wildman–Crippen LogP) is 4.03. The van der Waals surface area contributed by atoms with E-state index in [0.717, 1.165) is 69.5 Å². The Balaban J connectivity index is 1.37. The summed E-state index contributed by atoms with van der Waals surface area (Å²) in [5.74, 6) is 1.03. The highest BCUT2D eigenvalue weighted by Gasteiger charge is 2.21. The van der Waals surface area contributed by atoms with Crippen LogP contribution in [0.15, 0.2) is 36.5 Å². The fraction of sp³-hybridized carbons (Fsp3) is 0.560. The first-order valence-corrected chi connectivity index (χ1v) is 11.9. The van der Waals surface area contributed by atoms with E-state index in [-0.39, 0.29) is 12.4 Å². The van der Waals surface area contributed by atoms with Crippen molar-refractivity contribution in [2.75, 3.05) is 43.5 Å². The van der Waals surface area contributed by atoms with Crippen LogP contribution in [-0.4, -0.2) is 55.1 Å². The summed E-state index contributed by atoms with van der Waals surface area (Å²) in [6.07, 6.45) is 7.67. The summed E-state index contributed by atoms with van der Waals surface area (Å²) in [5, 5.41) is 19.4. The number of benzene rings is 1. The van der Waals surface area contributed by atoms with Gasteiger partial charge in [0, 0.05) is 49.6 Å². The zero-order valence-electron chi connectivity index (χ0n) is 18.7. The maximum absolute atomic E-state index is 14.7. The third-order valence-corrected chi connectivity index (χ3v) is 6.59. The zero-order valence-corrected chi connectivity index (χ0v) is 18.7. The summed E-state index contributed by atoms with van der Waals surface area (Å²) in [7, 11) is 0. The molecular formula is C25H35FN4O2. The van der Waals surface area contributed by atoms with Gasteiger partial charge < -0.3 is 25.8 Å². The fourth-order valence-electron chi connectivity index (χ4n) is 4.67. The van der Waals surface area contributed by atoms with Gasteiger partial charge in [0.05, 0.1) is 12.8 Å². The molecule has 2 fully saturated rings. The lowest BCUT2D eigenvalue weighted by atomic mass is 9.91. The molecule has 6 nitrogen and oxygen atoms in total. The summed E-state index contributed by atoms with van der Waals surface area (Å²) < 4.78 is 20.1. The summed E-state index contributed by atoms with van der Waals surface area (Å²) in [5.41, 5.74) is 2.42. The number of ether oxygens (including phenoxy) is 1. The third-order valence-electron chi connectivity index (χ3n) is 6.59. The number of nitrogens with zero attached hydrogens (tertiary/aromatic N) is 1. The SMILES string of the molecule is OCCN[C@H]1CC[C@H](Nc2cc(-c3cccc(NCC4CCOCC4)c3)c(F)cn2)CC1. The molecule has 1 saturated heterocycles. The van der Waals surface area contributed by atoms with Crippen molar-refractivity contribution in [1.29, 1.82) is 0 Å². The highest BCUT2D eigenvalue weighted by atomic mass is 19.1. The number of aromatic nitrogens is 1. The maximum atomic E-state index is 14.7. The van der Waals surface area contributed by atoms with E-state index >= 15 is 0 Å². The van der Waals surface area contributed by atoms with Crippen molar-refractivity contribution in [1.82, 2.24) is 10.3 Å². The Morgan fingerprint density at radius 2 is 1.81 bits per heavy atom. The van der Waals surface area contributed by atoms with Crippen LogP contribution in [0.1, 0.15) is 38.5 Å². The molecule has 0 radical (unpaired) electrons. The van der Waals surface area contributed by atoms with Crippen LogP contribution in [0.2, 0.25) is 0 Å². The van der Waals surface area contributed by atoms with Crippen LogP contribution in [0.3, 0.4) is 0 Å². The van der Waals surface area contributed by atoms with Crippen LogP contribution in [0.4, 0.5) is 15.9 Å². The molecule has 1 saturated carbocycles. The fourth-order valence-corrected chi connectivity index (χ4v) is 4.67. The smallest absolute Gasteiger partial charge is 0.149 e. The van der Waals surface area contributed by atoms with Gasteiger partial charge in [0.15, 0.2) is 0 Å². The van der Waals surface area contributed by atoms with E-state index in [1.54, 1.807) is 0 Å². The highest BCUT2D eigenvalue weighted by molar-refractivity contribution is 5.70. The summed E-state index contributed by atoms with van der Waals surface area (Å²) >= 11 is 0. The van der Waals surface area contributed by atoms with Crippen molar-refractivity contribution in [3.63, 3.8) is 0 Å². The minimum Gasteiger partial charge on any atom is -0.395 e. The molecule has 4 N–H and O–H groups in total. The molecule has 2 aromatic rings. The number of halogens is 1. The molecule has 0 atom stereocenters. The van der Waals surface area contributed by atoms with E-state index in [1.807, 2.05) is 30.3 Å². The van der Waals surface area contributed by atoms with Crippen LogP contribution in [-0.2, 0) is 4.74 Å². The van der Waals surface area contributed by atoms with Gasteiger partial charge >= 0.3 is 0 Å². The molecule has 4 rings (SSSR count). The van der Waals surface area contributed by atoms with Gasteiger partial charge in [0.25, 0.3) is 0 Å². The molecule has 1 aliphatic carbocycles. The molecule has 1 aromatic heterocycles. The Bertz CT molecular complexity index is 852. The zero-order chi connectivity index (χ0) is 22.2. The molecule has 174 valence electrons. The Hall–Kier alpha value is -2.22. The molecule has 0 spiro atoms. The largest absolute Gasteiger partial charge is 0.395 e. The van der Waals surface area contributed by atoms with E-state index in [0.29, 0.717) is 35.9 Å². The Morgan fingerprint density at radius 3 is 2.59 bits per heavy atom. The van der Waals surface area contributed by atoms with Crippen LogP contribution in [0.25, 0.3) is 11.1 Å². The lowest BCUT2D eigenvalue weighted by molar-refractivity contribution is 0.0699. The number of aliphatic hydroxyl groups is 1. The molecule has 2 heterocycles. The van der Waals surface area contributed by atoms with Crippen LogP contribution in [0, 0.1) is 11.7 Å². The van der Waals surface area contributed by atoms with Crippen molar-refractivity contribution < 1.29 is 14.2 Å².